The highest BCUT2D eigenvalue weighted by molar-refractivity contribution is 14.1. The Morgan fingerprint density at radius 1 is 0.905 bits per heavy atom. The minimum Gasteiger partial charge on any atom is -1.00 e. The van der Waals surface area contributed by atoms with E-state index in [0.717, 1.165) is 6.54 Å². The fourth-order valence-electron chi connectivity index (χ4n) is 2.66. The fourth-order valence-corrected chi connectivity index (χ4v) is 3.20. The number of pyridine rings is 1. The number of unbranched alkanes of at least 4 members (excludes halogenated alkanes) is 5. The van der Waals surface area contributed by atoms with Gasteiger partial charge in [0.1, 0.15) is 6.54 Å². The average Bonchev–Trinajstić information content (AvgIpc) is 2.46. The molecule has 0 radical (unpaired) electrons. The molecule has 21 heavy (non-hydrogen) atoms. The molecule has 0 saturated carbocycles. The lowest BCUT2D eigenvalue weighted by atomic mass is 10.1. The summed E-state index contributed by atoms with van der Waals surface area (Å²) in [5, 5.41) is 2.69. The lowest BCUT2D eigenvalue weighted by Gasteiger charge is -2.03. The molecule has 2 aromatic rings. The Labute approximate surface area is 159 Å². The zero-order valence-electron chi connectivity index (χ0n) is 12.8. The highest BCUT2D eigenvalue weighted by Crippen LogP contribution is 2.12. The maximum Gasteiger partial charge on any atom is 0.178 e. The van der Waals surface area contributed by atoms with Gasteiger partial charge in [-0.05, 0) is 28.7 Å². The molecule has 0 aliphatic rings. The monoisotopic (exact) mass is 509 g/mol. The van der Waals surface area contributed by atoms with E-state index in [-0.39, 0.29) is 24.0 Å². The van der Waals surface area contributed by atoms with Gasteiger partial charge in [-0.3, -0.25) is 0 Å². The highest BCUT2D eigenvalue weighted by Gasteiger charge is 2.07. The molecule has 1 aromatic carbocycles. The van der Waals surface area contributed by atoms with Crippen molar-refractivity contribution in [2.45, 2.75) is 52.0 Å². The standard InChI is InChI=1S/C18H25IN.HI/c1-16-14-17-10-6-7-11-18(17)15-20(16)13-9-5-3-2-4-8-12-19;/h6-7,10-11,14-15H,2-5,8-9,12-13H2,1H3;1H/q+1;/p-1. The van der Waals surface area contributed by atoms with Crippen LogP contribution in [0.3, 0.4) is 0 Å². The van der Waals surface area contributed by atoms with E-state index in [2.05, 4.69) is 70.6 Å². The molecule has 1 heterocycles. The Morgan fingerprint density at radius 3 is 2.24 bits per heavy atom. The summed E-state index contributed by atoms with van der Waals surface area (Å²) in [6.45, 7) is 3.37. The van der Waals surface area contributed by atoms with E-state index >= 15 is 0 Å². The maximum absolute atomic E-state index is 2.47. The van der Waals surface area contributed by atoms with E-state index < -0.39 is 0 Å². The predicted molar refractivity (Wildman–Crippen MR) is 95.5 cm³/mol. The van der Waals surface area contributed by atoms with Crippen LogP contribution in [0, 0.1) is 6.92 Å². The van der Waals surface area contributed by atoms with E-state index in [0.29, 0.717) is 0 Å². The van der Waals surface area contributed by atoms with Gasteiger partial charge in [0.2, 0.25) is 0 Å². The molecule has 2 rings (SSSR count). The minimum atomic E-state index is 0. The summed E-state index contributed by atoms with van der Waals surface area (Å²) in [5.41, 5.74) is 1.37. The molecule has 1 nitrogen and oxygen atoms in total. The normalized spacial score (nSPS) is 10.6. The summed E-state index contributed by atoms with van der Waals surface area (Å²) in [6.07, 6.45) is 10.6. The van der Waals surface area contributed by atoms with Crippen LogP contribution < -0.4 is 28.5 Å². The number of rotatable bonds is 8. The van der Waals surface area contributed by atoms with Crippen molar-refractivity contribution < 1.29 is 28.5 Å². The van der Waals surface area contributed by atoms with E-state index in [4.69, 9.17) is 0 Å². The Bertz CT molecular complexity index is 540. The molecule has 0 bridgehead atoms. The molecule has 0 aliphatic heterocycles. The van der Waals surface area contributed by atoms with Crippen LogP contribution in [0.15, 0.2) is 36.5 Å². The summed E-state index contributed by atoms with van der Waals surface area (Å²) >= 11 is 2.47. The fraction of sp³-hybridized carbons (Fsp3) is 0.500. The van der Waals surface area contributed by atoms with E-state index in [9.17, 15) is 0 Å². The first-order valence-electron chi connectivity index (χ1n) is 7.76. The van der Waals surface area contributed by atoms with Crippen molar-refractivity contribution in [1.82, 2.24) is 0 Å². The van der Waals surface area contributed by atoms with Gasteiger partial charge in [-0.2, -0.15) is 0 Å². The third-order valence-electron chi connectivity index (χ3n) is 3.89. The van der Waals surface area contributed by atoms with E-state index in [1.807, 2.05) is 0 Å². The van der Waals surface area contributed by atoms with Gasteiger partial charge in [0.25, 0.3) is 0 Å². The van der Waals surface area contributed by atoms with Crippen LogP contribution in [0.1, 0.15) is 44.2 Å². The van der Waals surface area contributed by atoms with Crippen molar-refractivity contribution in [3.8, 4) is 0 Å². The SMILES string of the molecule is Cc1cc2ccccc2c[n+]1CCCCCCCCI.[I-]. The smallest absolute Gasteiger partial charge is 0.178 e. The second-order valence-corrected chi connectivity index (χ2v) is 6.63. The second kappa shape index (κ2) is 10.8. The van der Waals surface area contributed by atoms with Gasteiger partial charge in [-0.1, -0.05) is 60.1 Å². The number of hydrogen-bond acceptors (Lipinski definition) is 0. The number of nitrogens with zero attached hydrogens (tertiary/aromatic N) is 1. The van der Waals surface area contributed by atoms with Crippen LogP contribution >= 0.6 is 22.6 Å². The molecule has 0 fully saturated rings. The molecule has 0 spiro atoms. The summed E-state index contributed by atoms with van der Waals surface area (Å²) in [4.78, 5) is 0. The Hall–Kier alpha value is 0.0900. The zero-order chi connectivity index (χ0) is 14.2. The summed E-state index contributed by atoms with van der Waals surface area (Å²) in [7, 11) is 0. The van der Waals surface area contributed by atoms with Gasteiger partial charge in [-0.25, -0.2) is 4.57 Å². The molecule has 3 heteroatoms. The molecule has 116 valence electrons. The first kappa shape index (κ1) is 19.1. The van der Waals surface area contributed by atoms with Gasteiger partial charge >= 0.3 is 0 Å². The molecule has 0 atom stereocenters. The quantitative estimate of drug-likeness (QED) is 0.223. The summed E-state index contributed by atoms with van der Waals surface area (Å²) < 4.78 is 3.72. The van der Waals surface area contributed by atoms with Crippen molar-refractivity contribution in [2.75, 3.05) is 4.43 Å². The van der Waals surface area contributed by atoms with E-state index in [1.165, 1.54) is 59.4 Å². The third kappa shape index (κ3) is 6.38. The summed E-state index contributed by atoms with van der Waals surface area (Å²) in [5.74, 6) is 0. The van der Waals surface area contributed by atoms with Crippen molar-refractivity contribution in [3.05, 3.63) is 42.2 Å². The zero-order valence-corrected chi connectivity index (χ0v) is 17.1. The number of aromatic nitrogens is 1. The molecule has 0 N–H and O–H groups in total. The number of aryl methyl sites for hydroxylation is 2. The molecule has 0 aliphatic carbocycles. The van der Waals surface area contributed by atoms with Crippen LogP contribution in [0.25, 0.3) is 10.8 Å². The van der Waals surface area contributed by atoms with Gasteiger partial charge in [0, 0.05) is 24.8 Å². The number of alkyl halides is 1. The van der Waals surface area contributed by atoms with Crippen molar-refractivity contribution in [1.29, 1.82) is 0 Å². The molecular formula is C18H25I2N. The number of fused-ring (bicyclic) bond motifs is 1. The first-order valence-corrected chi connectivity index (χ1v) is 9.28. The molecule has 1 aromatic heterocycles. The minimum absolute atomic E-state index is 0. The molecule has 0 saturated heterocycles. The molecule has 0 unspecified atom stereocenters. The maximum atomic E-state index is 2.47. The first-order chi connectivity index (χ1) is 9.81. The Balaban J connectivity index is 0.00000220. The Kier molecular flexibility index (Phi) is 9.80. The average molecular weight is 509 g/mol. The number of benzene rings is 1. The predicted octanol–water partition coefficient (Wildman–Crippen LogP) is 2.22. The third-order valence-corrected chi connectivity index (χ3v) is 4.65. The van der Waals surface area contributed by atoms with Crippen LogP contribution in [-0.2, 0) is 6.54 Å². The Morgan fingerprint density at radius 2 is 1.52 bits per heavy atom. The van der Waals surface area contributed by atoms with Crippen molar-refractivity contribution >= 4 is 33.4 Å². The van der Waals surface area contributed by atoms with Crippen LogP contribution in [0.5, 0.6) is 0 Å². The van der Waals surface area contributed by atoms with Crippen LogP contribution in [0.2, 0.25) is 0 Å². The molecule has 0 amide bonds. The highest BCUT2D eigenvalue weighted by atomic mass is 127. The van der Waals surface area contributed by atoms with Crippen LogP contribution in [-0.4, -0.2) is 4.43 Å². The number of halogens is 2. The largest absolute Gasteiger partial charge is 1.00 e. The van der Waals surface area contributed by atoms with Crippen molar-refractivity contribution in [2.24, 2.45) is 0 Å². The topological polar surface area (TPSA) is 3.88 Å². The molecular weight excluding hydrogens is 484 g/mol. The van der Waals surface area contributed by atoms with Gasteiger partial charge in [0.05, 0.1) is 0 Å². The summed E-state index contributed by atoms with van der Waals surface area (Å²) in [6, 6.07) is 10.9. The van der Waals surface area contributed by atoms with E-state index in [1.54, 1.807) is 0 Å². The lowest BCUT2D eigenvalue weighted by molar-refractivity contribution is -0.701. The van der Waals surface area contributed by atoms with Gasteiger partial charge < -0.3 is 24.0 Å². The van der Waals surface area contributed by atoms with Gasteiger partial charge in [0.15, 0.2) is 11.9 Å². The van der Waals surface area contributed by atoms with Gasteiger partial charge in [-0.15, -0.1) is 0 Å². The lowest BCUT2D eigenvalue weighted by Crippen LogP contribution is -3.00. The second-order valence-electron chi connectivity index (χ2n) is 5.55. The van der Waals surface area contributed by atoms with Crippen molar-refractivity contribution in [3.63, 3.8) is 0 Å². The number of hydrogen-bond donors (Lipinski definition) is 0. The van der Waals surface area contributed by atoms with Crippen LogP contribution in [0.4, 0.5) is 0 Å².